The minimum absolute atomic E-state index is 0.0295. The number of hydrogen-bond donors (Lipinski definition) is 1. The Labute approximate surface area is 271 Å². The molecule has 1 N–H and O–H groups in total. The number of fused-ring (bicyclic) bond motifs is 3. The van der Waals surface area contributed by atoms with Crippen LogP contribution in [-0.2, 0) is 6.42 Å². The van der Waals surface area contributed by atoms with Gasteiger partial charge in [0, 0.05) is 41.8 Å². The molecule has 3 aromatic carbocycles. The monoisotopic (exact) mass is 648 g/mol. The lowest BCUT2D eigenvalue weighted by molar-refractivity contribution is 0.107. The Morgan fingerprint density at radius 1 is 1.00 bits per heavy atom. The van der Waals surface area contributed by atoms with E-state index in [0.717, 1.165) is 45.3 Å². The van der Waals surface area contributed by atoms with E-state index >= 15 is 4.39 Å². The molecule has 8 rings (SSSR count). The highest BCUT2D eigenvalue weighted by Crippen LogP contribution is 2.47. The average Bonchev–Trinajstić information content (AvgIpc) is 3.75. The Bertz CT molecular complexity index is 1820. The standard InChI is InChI=1S/C36H39F3N4O2S/c1-2-25-29(38)8-5-22-17-24(44)18-28(30(22)25)26-6-7-27-32(31(26)39)40-34(45-21-35-9-3-13-43(35)20-23(37)19-35)41-33(27)42-14-11-36(12-15-42)10-4-16-46-36/h5-8,17-18,23,44H,2-4,9-16,19-21H2,1H3/t23-,35+/m1/s1. The predicted octanol–water partition coefficient (Wildman–Crippen LogP) is 7.82. The second-order valence-electron chi connectivity index (χ2n) is 13.6. The summed E-state index contributed by atoms with van der Waals surface area (Å²) in [5.74, 6) is 0.871. The van der Waals surface area contributed by atoms with Crippen molar-refractivity contribution < 1.29 is 23.0 Å². The minimum atomic E-state index is -0.888. The number of phenolic OH excluding ortho intramolecular Hbond substituents is 1. The molecule has 4 saturated heterocycles. The van der Waals surface area contributed by atoms with Crippen LogP contribution in [0.1, 0.15) is 57.4 Å². The van der Waals surface area contributed by atoms with Gasteiger partial charge in [-0.15, -0.1) is 0 Å². The number of halogens is 3. The number of aromatic hydroxyl groups is 1. The lowest BCUT2D eigenvalue weighted by atomic mass is 9.91. The molecule has 10 heteroatoms. The van der Waals surface area contributed by atoms with Crippen molar-refractivity contribution in [1.29, 1.82) is 0 Å². The van der Waals surface area contributed by atoms with Crippen LogP contribution in [0.25, 0.3) is 32.8 Å². The fourth-order valence-electron chi connectivity index (χ4n) is 8.62. The number of aryl methyl sites for hydroxylation is 1. The maximum atomic E-state index is 16.9. The van der Waals surface area contributed by atoms with E-state index in [1.165, 1.54) is 30.7 Å². The van der Waals surface area contributed by atoms with E-state index in [2.05, 4.69) is 26.5 Å². The maximum Gasteiger partial charge on any atom is 0.319 e. The van der Waals surface area contributed by atoms with Crippen LogP contribution in [0.5, 0.6) is 11.8 Å². The van der Waals surface area contributed by atoms with Gasteiger partial charge in [0.15, 0.2) is 5.82 Å². The summed E-state index contributed by atoms with van der Waals surface area (Å²) in [6, 6.07) is 9.68. The molecule has 0 aliphatic carbocycles. The first-order valence-electron chi connectivity index (χ1n) is 16.6. The number of hydrogen-bond acceptors (Lipinski definition) is 7. The van der Waals surface area contributed by atoms with Crippen molar-refractivity contribution in [1.82, 2.24) is 14.9 Å². The van der Waals surface area contributed by atoms with Gasteiger partial charge in [-0.1, -0.05) is 19.1 Å². The Hall–Kier alpha value is -3.24. The lowest BCUT2D eigenvalue weighted by Crippen LogP contribution is -2.43. The molecule has 0 radical (unpaired) electrons. The van der Waals surface area contributed by atoms with Crippen molar-refractivity contribution in [3.05, 3.63) is 53.6 Å². The smallest absolute Gasteiger partial charge is 0.319 e. The van der Waals surface area contributed by atoms with Crippen LogP contribution in [0.15, 0.2) is 36.4 Å². The summed E-state index contributed by atoms with van der Waals surface area (Å²) in [6.45, 7) is 4.98. The zero-order valence-corrected chi connectivity index (χ0v) is 26.9. The first-order chi connectivity index (χ1) is 22.3. The van der Waals surface area contributed by atoms with Gasteiger partial charge in [0.1, 0.15) is 35.7 Å². The molecule has 4 aliphatic rings. The summed E-state index contributed by atoms with van der Waals surface area (Å²) in [5.41, 5.74) is 0.827. The zero-order valence-electron chi connectivity index (χ0n) is 26.1. The normalized spacial score (nSPS) is 24.4. The van der Waals surface area contributed by atoms with Crippen molar-refractivity contribution in [2.75, 3.05) is 43.4 Å². The largest absolute Gasteiger partial charge is 0.508 e. The number of rotatable bonds is 6. The molecular weight excluding hydrogens is 609 g/mol. The first-order valence-corrected chi connectivity index (χ1v) is 17.6. The SMILES string of the molecule is CCc1c(F)ccc2cc(O)cc(-c3ccc4c(N5CCC6(CCCS6)CC5)nc(OC[C@@]56CCCN5C[C@H](F)C6)nc4c3F)c12. The number of benzene rings is 3. The van der Waals surface area contributed by atoms with Gasteiger partial charge in [-0.25, -0.2) is 13.2 Å². The highest BCUT2D eigenvalue weighted by molar-refractivity contribution is 8.00. The fourth-order valence-corrected chi connectivity index (χ4v) is 10.1. The number of aromatic nitrogens is 2. The molecule has 0 bridgehead atoms. The van der Waals surface area contributed by atoms with E-state index < -0.39 is 17.5 Å². The topological polar surface area (TPSA) is 61.7 Å². The molecule has 1 aromatic heterocycles. The average molecular weight is 649 g/mol. The minimum Gasteiger partial charge on any atom is -0.508 e. The third kappa shape index (κ3) is 4.98. The quantitative estimate of drug-likeness (QED) is 0.229. The molecule has 242 valence electrons. The Kier molecular flexibility index (Phi) is 7.51. The van der Waals surface area contributed by atoms with Gasteiger partial charge < -0.3 is 14.7 Å². The fraction of sp³-hybridized carbons (Fsp3) is 0.500. The first kappa shape index (κ1) is 30.1. The van der Waals surface area contributed by atoms with Gasteiger partial charge in [0.05, 0.1) is 5.54 Å². The Morgan fingerprint density at radius 3 is 2.63 bits per heavy atom. The molecule has 0 amide bonds. The molecule has 4 fully saturated rings. The highest BCUT2D eigenvalue weighted by atomic mass is 32.2. The lowest BCUT2D eigenvalue weighted by Gasteiger charge is -2.39. The van der Waals surface area contributed by atoms with Crippen LogP contribution in [0.2, 0.25) is 0 Å². The third-order valence-corrected chi connectivity index (χ3v) is 12.7. The number of thioether (sulfide) groups is 1. The molecule has 1 spiro atoms. The van der Waals surface area contributed by atoms with Crippen molar-refractivity contribution in [3.63, 3.8) is 0 Å². The zero-order chi connectivity index (χ0) is 31.6. The Balaban J connectivity index is 1.24. The number of ether oxygens (including phenoxy) is 1. The molecule has 0 unspecified atom stereocenters. The molecule has 5 heterocycles. The number of alkyl halides is 1. The summed E-state index contributed by atoms with van der Waals surface area (Å²) in [7, 11) is 0. The van der Waals surface area contributed by atoms with Gasteiger partial charge in [0.25, 0.3) is 0 Å². The maximum absolute atomic E-state index is 16.9. The summed E-state index contributed by atoms with van der Waals surface area (Å²) >= 11 is 2.08. The van der Waals surface area contributed by atoms with E-state index in [1.807, 2.05) is 13.0 Å². The summed E-state index contributed by atoms with van der Waals surface area (Å²) in [5, 5.41) is 12.4. The molecule has 2 atom stereocenters. The van der Waals surface area contributed by atoms with Gasteiger partial charge in [-0.05, 0) is 103 Å². The molecule has 0 saturated carbocycles. The van der Waals surface area contributed by atoms with Crippen LogP contribution in [0.4, 0.5) is 19.0 Å². The third-order valence-electron chi connectivity index (χ3n) is 11.0. The molecule has 6 nitrogen and oxygen atoms in total. The van der Waals surface area contributed by atoms with E-state index in [1.54, 1.807) is 18.2 Å². The van der Waals surface area contributed by atoms with Crippen LogP contribution >= 0.6 is 11.8 Å². The second kappa shape index (κ2) is 11.5. The number of nitrogens with zero attached hydrogens (tertiary/aromatic N) is 4. The van der Waals surface area contributed by atoms with Crippen LogP contribution in [0, 0.1) is 11.6 Å². The van der Waals surface area contributed by atoms with Crippen LogP contribution < -0.4 is 9.64 Å². The van der Waals surface area contributed by atoms with E-state index in [0.29, 0.717) is 57.2 Å². The van der Waals surface area contributed by atoms with Crippen molar-refractivity contribution in [2.45, 2.75) is 74.7 Å². The van der Waals surface area contributed by atoms with Gasteiger partial charge >= 0.3 is 6.01 Å². The summed E-state index contributed by atoms with van der Waals surface area (Å²) in [4.78, 5) is 14.0. The molecule has 4 aliphatic heterocycles. The molecule has 4 aromatic rings. The van der Waals surface area contributed by atoms with Crippen molar-refractivity contribution in [3.8, 4) is 22.9 Å². The summed E-state index contributed by atoms with van der Waals surface area (Å²) < 4.78 is 53.0. The second-order valence-corrected chi connectivity index (χ2v) is 15.2. The molecule has 46 heavy (non-hydrogen) atoms. The van der Waals surface area contributed by atoms with Crippen LogP contribution in [-0.4, -0.2) is 75.0 Å². The van der Waals surface area contributed by atoms with E-state index in [9.17, 15) is 13.9 Å². The van der Waals surface area contributed by atoms with Crippen molar-refractivity contribution >= 4 is 39.3 Å². The van der Waals surface area contributed by atoms with Crippen LogP contribution in [0.3, 0.4) is 0 Å². The predicted molar refractivity (Wildman–Crippen MR) is 178 cm³/mol. The highest BCUT2D eigenvalue weighted by Gasteiger charge is 2.49. The van der Waals surface area contributed by atoms with E-state index in [4.69, 9.17) is 9.72 Å². The van der Waals surface area contributed by atoms with Gasteiger partial charge in [0.2, 0.25) is 0 Å². The summed E-state index contributed by atoms with van der Waals surface area (Å²) in [6.07, 6.45) is 6.33. The van der Waals surface area contributed by atoms with Gasteiger partial charge in [-0.2, -0.15) is 21.7 Å². The van der Waals surface area contributed by atoms with Gasteiger partial charge in [-0.3, -0.25) is 4.90 Å². The Morgan fingerprint density at radius 2 is 1.85 bits per heavy atom. The number of piperidine rings is 1. The molecular formula is C36H39F3N4O2S. The van der Waals surface area contributed by atoms with Crippen molar-refractivity contribution in [2.24, 2.45) is 0 Å². The number of anilines is 1. The number of phenols is 1. The van der Waals surface area contributed by atoms with E-state index in [-0.39, 0.29) is 35.3 Å².